The number of nitrogens with one attached hydrogen (secondary N) is 2. The molecule has 0 bridgehead atoms. The van der Waals surface area contributed by atoms with Crippen LogP contribution in [-0.2, 0) is 24.7 Å². The molecule has 1 aromatic carbocycles. The summed E-state index contributed by atoms with van der Waals surface area (Å²) in [5.41, 5.74) is 2.07. The first-order valence-electron chi connectivity index (χ1n) is 6.88. The van der Waals surface area contributed by atoms with Crippen molar-refractivity contribution in [3.8, 4) is 0 Å². The summed E-state index contributed by atoms with van der Waals surface area (Å²) >= 11 is 0. The number of benzene rings is 1. The van der Waals surface area contributed by atoms with Crippen LogP contribution in [0.5, 0.6) is 0 Å². The number of aromatic amines is 1. The van der Waals surface area contributed by atoms with Crippen molar-refractivity contribution in [3.63, 3.8) is 0 Å². The lowest BCUT2D eigenvalue weighted by molar-refractivity contribution is -0.120. The Labute approximate surface area is 122 Å². The highest BCUT2D eigenvalue weighted by atomic mass is 16.1. The lowest BCUT2D eigenvalue weighted by Gasteiger charge is -2.03. The quantitative estimate of drug-likeness (QED) is 0.738. The molecule has 0 aliphatic rings. The summed E-state index contributed by atoms with van der Waals surface area (Å²) in [4.78, 5) is 19.3. The van der Waals surface area contributed by atoms with Crippen molar-refractivity contribution in [2.75, 3.05) is 6.54 Å². The van der Waals surface area contributed by atoms with Crippen LogP contribution < -0.4 is 5.32 Å². The number of carbonyl (C=O) groups is 1. The highest BCUT2D eigenvalue weighted by Crippen LogP contribution is 2.17. The SMILES string of the molecule is Cn1cnc(CCNC(=O)Cc2c[nH]c3ccccc23)n1. The molecule has 0 aliphatic carbocycles. The summed E-state index contributed by atoms with van der Waals surface area (Å²) in [7, 11) is 1.83. The summed E-state index contributed by atoms with van der Waals surface area (Å²) in [6.45, 7) is 0.547. The first-order chi connectivity index (χ1) is 10.2. The van der Waals surface area contributed by atoms with E-state index < -0.39 is 0 Å². The molecule has 1 amide bonds. The summed E-state index contributed by atoms with van der Waals surface area (Å²) in [5, 5.41) is 8.17. The normalized spacial score (nSPS) is 10.9. The Bertz CT molecular complexity index is 758. The van der Waals surface area contributed by atoms with Gasteiger partial charge in [-0.25, -0.2) is 4.98 Å². The molecule has 2 N–H and O–H groups in total. The fourth-order valence-corrected chi connectivity index (χ4v) is 2.33. The third-order valence-corrected chi connectivity index (χ3v) is 3.34. The number of nitrogens with zero attached hydrogens (tertiary/aromatic N) is 3. The molecule has 108 valence electrons. The second-order valence-corrected chi connectivity index (χ2v) is 4.97. The van der Waals surface area contributed by atoms with E-state index in [0.717, 1.165) is 22.3 Å². The number of aryl methyl sites for hydroxylation is 1. The minimum atomic E-state index is 0.00989. The van der Waals surface area contributed by atoms with Crippen LogP contribution in [0.25, 0.3) is 10.9 Å². The molecule has 0 radical (unpaired) electrons. The zero-order valence-electron chi connectivity index (χ0n) is 11.8. The Morgan fingerprint density at radius 1 is 1.38 bits per heavy atom. The van der Waals surface area contributed by atoms with Crippen molar-refractivity contribution in [3.05, 3.63) is 48.2 Å². The minimum Gasteiger partial charge on any atom is -0.361 e. The van der Waals surface area contributed by atoms with Crippen molar-refractivity contribution in [1.29, 1.82) is 0 Å². The summed E-state index contributed by atoms with van der Waals surface area (Å²) in [5.74, 6) is 0.751. The van der Waals surface area contributed by atoms with E-state index in [-0.39, 0.29) is 5.91 Å². The maximum atomic E-state index is 12.0. The average Bonchev–Trinajstić information content (AvgIpc) is 3.06. The smallest absolute Gasteiger partial charge is 0.224 e. The molecule has 3 aromatic rings. The number of rotatable bonds is 5. The molecule has 3 rings (SSSR count). The van der Waals surface area contributed by atoms with Crippen molar-refractivity contribution >= 4 is 16.8 Å². The Morgan fingerprint density at radius 2 is 2.24 bits per heavy atom. The molecule has 0 atom stereocenters. The molecule has 6 nitrogen and oxygen atoms in total. The topological polar surface area (TPSA) is 75.6 Å². The molecule has 0 saturated heterocycles. The predicted molar refractivity (Wildman–Crippen MR) is 79.7 cm³/mol. The first-order valence-corrected chi connectivity index (χ1v) is 6.88. The van der Waals surface area contributed by atoms with E-state index in [4.69, 9.17) is 0 Å². The van der Waals surface area contributed by atoms with Gasteiger partial charge in [0.2, 0.25) is 5.91 Å². The molecule has 21 heavy (non-hydrogen) atoms. The van der Waals surface area contributed by atoms with Gasteiger partial charge in [0, 0.05) is 37.1 Å². The second-order valence-electron chi connectivity index (χ2n) is 4.97. The molecule has 0 fully saturated rings. The number of carbonyl (C=O) groups excluding carboxylic acids is 1. The fraction of sp³-hybridized carbons (Fsp3) is 0.267. The first kappa shape index (κ1) is 13.4. The maximum absolute atomic E-state index is 12.0. The highest BCUT2D eigenvalue weighted by molar-refractivity contribution is 5.88. The monoisotopic (exact) mass is 283 g/mol. The van der Waals surface area contributed by atoms with Gasteiger partial charge in [-0.15, -0.1) is 0 Å². The Balaban J connectivity index is 1.54. The molecule has 2 heterocycles. The van der Waals surface area contributed by atoms with Crippen LogP contribution in [0.3, 0.4) is 0 Å². The number of hydrogen-bond donors (Lipinski definition) is 2. The Hall–Kier alpha value is -2.63. The van der Waals surface area contributed by atoms with Gasteiger partial charge in [0.1, 0.15) is 6.33 Å². The van der Waals surface area contributed by atoms with Crippen LogP contribution >= 0.6 is 0 Å². The maximum Gasteiger partial charge on any atom is 0.224 e. The molecule has 0 spiro atoms. The standard InChI is InChI=1S/C15H17N5O/c1-20-10-18-14(19-20)6-7-16-15(21)8-11-9-17-13-5-3-2-4-12(11)13/h2-5,9-10,17H,6-8H2,1H3,(H,16,21). The van der Waals surface area contributed by atoms with E-state index in [2.05, 4.69) is 20.4 Å². The molecule has 6 heteroatoms. The second kappa shape index (κ2) is 5.78. The van der Waals surface area contributed by atoms with E-state index in [0.29, 0.717) is 19.4 Å². The highest BCUT2D eigenvalue weighted by Gasteiger charge is 2.08. The third kappa shape index (κ3) is 3.10. The van der Waals surface area contributed by atoms with Gasteiger partial charge in [-0.05, 0) is 11.6 Å². The zero-order valence-corrected chi connectivity index (χ0v) is 11.8. The van der Waals surface area contributed by atoms with Crippen LogP contribution in [0.4, 0.5) is 0 Å². The van der Waals surface area contributed by atoms with Crippen molar-refractivity contribution in [2.24, 2.45) is 7.05 Å². The average molecular weight is 283 g/mol. The molecular formula is C15H17N5O. The zero-order chi connectivity index (χ0) is 14.7. The van der Waals surface area contributed by atoms with Gasteiger partial charge in [-0.2, -0.15) is 5.10 Å². The number of H-pyrrole nitrogens is 1. The van der Waals surface area contributed by atoms with Gasteiger partial charge in [-0.3, -0.25) is 9.48 Å². The van der Waals surface area contributed by atoms with Crippen LogP contribution in [0.1, 0.15) is 11.4 Å². The number of amides is 1. The van der Waals surface area contributed by atoms with E-state index in [9.17, 15) is 4.79 Å². The van der Waals surface area contributed by atoms with Gasteiger partial charge >= 0.3 is 0 Å². The number of fused-ring (bicyclic) bond motifs is 1. The predicted octanol–water partition coefficient (Wildman–Crippen LogP) is 1.20. The van der Waals surface area contributed by atoms with Gasteiger partial charge in [0.15, 0.2) is 5.82 Å². The molecule has 2 aromatic heterocycles. The third-order valence-electron chi connectivity index (χ3n) is 3.34. The van der Waals surface area contributed by atoms with Gasteiger partial charge in [0.25, 0.3) is 0 Å². The molecule has 0 unspecified atom stereocenters. The van der Waals surface area contributed by atoms with Crippen LogP contribution in [0, 0.1) is 0 Å². The Kier molecular flexibility index (Phi) is 3.68. The Morgan fingerprint density at radius 3 is 3.05 bits per heavy atom. The summed E-state index contributed by atoms with van der Waals surface area (Å²) < 4.78 is 1.66. The van der Waals surface area contributed by atoms with E-state index in [1.807, 2.05) is 37.5 Å². The largest absolute Gasteiger partial charge is 0.361 e. The summed E-state index contributed by atoms with van der Waals surface area (Å²) in [6, 6.07) is 7.97. The van der Waals surface area contributed by atoms with Gasteiger partial charge in [0.05, 0.1) is 6.42 Å². The fourth-order valence-electron chi connectivity index (χ4n) is 2.33. The van der Waals surface area contributed by atoms with E-state index in [1.54, 1.807) is 11.0 Å². The number of aromatic nitrogens is 4. The summed E-state index contributed by atoms with van der Waals surface area (Å²) in [6.07, 6.45) is 4.56. The lowest BCUT2D eigenvalue weighted by atomic mass is 10.1. The van der Waals surface area contributed by atoms with Crippen molar-refractivity contribution < 1.29 is 4.79 Å². The van der Waals surface area contributed by atoms with Gasteiger partial charge in [-0.1, -0.05) is 18.2 Å². The van der Waals surface area contributed by atoms with Gasteiger partial charge < -0.3 is 10.3 Å². The van der Waals surface area contributed by atoms with Crippen molar-refractivity contribution in [1.82, 2.24) is 25.1 Å². The van der Waals surface area contributed by atoms with Crippen LogP contribution in [-0.4, -0.2) is 32.2 Å². The number of hydrogen-bond acceptors (Lipinski definition) is 3. The molecule has 0 aliphatic heterocycles. The van der Waals surface area contributed by atoms with E-state index >= 15 is 0 Å². The number of para-hydroxylation sites is 1. The van der Waals surface area contributed by atoms with Crippen LogP contribution in [0.2, 0.25) is 0 Å². The molecular weight excluding hydrogens is 266 g/mol. The minimum absolute atomic E-state index is 0.00989. The van der Waals surface area contributed by atoms with E-state index in [1.165, 1.54) is 0 Å². The molecule has 0 saturated carbocycles. The van der Waals surface area contributed by atoms with Crippen molar-refractivity contribution in [2.45, 2.75) is 12.8 Å². The lowest BCUT2D eigenvalue weighted by Crippen LogP contribution is -2.27. The van der Waals surface area contributed by atoms with Crippen LogP contribution in [0.15, 0.2) is 36.8 Å².